The Kier molecular flexibility index (Phi) is 9.71. The average Bonchev–Trinajstić information content (AvgIpc) is 2.66. The number of hydrogen-bond donors (Lipinski definition) is 2. The maximum Gasteiger partial charge on any atom is 0.271 e. The molecule has 0 radical (unpaired) electrons. The van der Waals surface area contributed by atoms with E-state index in [2.05, 4.69) is 24.1 Å². The van der Waals surface area contributed by atoms with Gasteiger partial charge in [0, 0.05) is 23.9 Å². The summed E-state index contributed by atoms with van der Waals surface area (Å²) in [7, 11) is 0. The third kappa shape index (κ3) is 5.68. The van der Waals surface area contributed by atoms with E-state index in [4.69, 9.17) is 5.73 Å². The minimum absolute atomic E-state index is 0. The number of rotatable bonds is 4. The lowest BCUT2D eigenvalue weighted by Gasteiger charge is -2.09. The summed E-state index contributed by atoms with van der Waals surface area (Å²) < 4.78 is 0. The van der Waals surface area contributed by atoms with Gasteiger partial charge in [0.2, 0.25) is 0 Å². The molecule has 1 aromatic rings. The zero-order valence-corrected chi connectivity index (χ0v) is 12.5. The van der Waals surface area contributed by atoms with Crippen molar-refractivity contribution < 1.29 is 4.79 Å². The molecule has 1 heterocycles. The Morgan fingerprint density at radius 2 is 2.06 bits per heavy atom. The van der Waals surface area contributed by atoms with E-state index in [9.17, 15) is 4.79 Å². The largest absolute Gasteiger partial charge is 0.347 e. The van der Waals surface area contributed by atoms with Gasteiger partial charge in [0.25, 0.3) is 5.91 Å². The van der Waals surface area contributed by atoms with E-state index >= 15 is 0 Å². The number of nitrogens with zero attached hydrogens (tertiary/aromatic N) is 1. The fraction of sp³-hybridized carbons (Fsp3) is 0.600. The first kappa shape index (κ1) is 19.0. The van der Waals surface area contributed by atoms with Gasteiger partial charge < -0.3 is 11.1 Å². The van der Waals surface area contributed by atoms with Crippen LogP contribution in [0, 0.1) is 0 Å². The molecule has 7 heteroatoms. The molecule has 0 aliphatic carbocycles. The van der Waals surface area contributed by atoms with Crippen LogP contribution in [-0.4, -0.2) is 23.5 Å². The molecule has 3 N–H and O–H groups in total. The van der Waals surface area contributed by atoms with Crippen LogP contribution in [0.3, 0.4) is 0 Å². The lowest BCUT2D eigenvalue weighted by Crippen LogP contribution is -2.37. The van der Waals surface area contributed by atoms with Gasteiger partial charge in [-0.3, -0.25) is 4.79 Å². The van der Waals surface area contributed by atoms with Gasteiger partial charge in [-0.05, 0) is 6.92 Å². The van der Waals surface area contributed by atoms with Crippen molar-refractivity contribution in [1.82, 2.24) is 10.3 Å². The van der Waals surface area contributed by atoms with Gasteiger partial charge in [-0.2, -0.15) is 0 Å². The maximum atomic E-state index is 11.6. The van der Waals surface area contributed by atoms with Crippen molar-refractivity contribution >= 4 is 42.1 Å². The van der Waals surface area contributed by atoms with Crippen LogP contribution in [0.1, 0.15) is 42.2 Å². The molecule has 0 aliphatic rings. The number of amides is 1. The first-order valence-corrected chi connectivity index (χ1v) is 5.89. The SMILES string of the molecule is CC(C)c1nc(C(=O)N[C@@H](C)CN)cs1.Cl.Cl. The number of nitrogens with one attached hydrogen (secondary N) is 1. The molecule has 0 aromatic carbocycles. The van der Waals surface area contributed by atoms with Gasteiger partial charge in [-0.25, -0.2) is 4.98 Å². The smallest absolute Gasteiger partial charge is 0.271 e. The topological polar surface area (TPSA) is 68.0 Å². The standard InChI is InChI=1S/C10H17N3OS.2ClH/c1-6(2)10-13-8(5-15-10)9(14)12-7(3)4-11;;/h5-7H,4,11H2,1-3H3,(H,12,14);2*1H/t7-;;/m0../s1. The zero-order valence-electron chi connectivity index (χ0n) is 10.1. The Balaban J connectivity index is 0. The number of halogens is 2. The van der Waals surface area contributed by atoms with E-state index in [1.807, 2.05) is 6.92 Å². The molecule has 100 valence electrons. The highest BCUT2D eigenvalue weighted by Crippen LogP contribution is 2.18. The van der Waals surface area contributed by atoms with E-state index in [-0.39, 0.29) is 36.8 Å². The Labute approximate surface area is 118 Å². The molecular formula is C10H19Cl2N3OS. The fourth-order valence-electron chi connectivity index (χ4n) is 1.01. The van der Waals surface area contributed by atoms with Gasteiger partial charge in [-0.15, -0.1) is 36.2 Å². The molecule has 0 saturated carbocycles. The minimum atomic E-state index is -0.142. The highest BCUT2D eigenvalue weighted by Gasteiger charge is 2.13. The van der Waals surface area contributed by atoms with Crippen LogP contribution in [0.4, 0.5) is 0 Å². The Hall–Kier alpha value is -0.360. The normalized spacial score (nSPS) is 11.4. The summed E-state index contributed by atoms with van der Waals surface area (Å²) in [4.78, 5) is 15.9. The zero-order chi connectivity index (χ0) is 11.4. The number of hydrogen-bond acceptors (Lipinski definition) is 4. The predicted molar refractivity (Wildman–Crippen MR) is 76.7 cm³/mol. The van der Waals surface area contributed by atoms with Gasteiger partial charge >= 0.3 is 0 Å². The van der Waals surface area contributed by atoms with Gasteiger partial charge in [-0.1, -0.05) is 13.8 Å². The number of nitrogens with two attached hydrogens (primary N) is 1. The highest BCUT2D eigenvalue weighted by atomic mass is 35.5. The summed E-state index contributed by atoms with van der Waals surface area (Å²) >= 11 is 1.52. The second-order valence-corrected chi connectivity index (χ2v) is 4.73. The molecule has 0 aliphatic heterocycles. The molecule has 0 spiro atoms. The molecule has 1 aromatic heterocycles. The lowest BCUT2D eigenvalue weighted by atomic mass is 10.2. The molecular weight excluding hydrogens is 281 g/mol. The molecule has 1 atom stereocenters. The van der Waals surface area contributed by atoms with Crippen molar-refractivity contribution in [3.63, 3.8) is 0 Å². The van der Waals surface area contributed by atoms with Gasteiger partial charge in [0.05, 0.1) is 5.01 Å². The monoisotopic (exact) mass is 299 g/mol. The van der Waals surface area contributed by atoms with Crippen molar-refractivity contribution in [1.29, 1.82) is 0 Å². The van der Waals surface area contributed by atoms with Crippen LogP contribution in [0.2, 0.25) is 0 Å². The van der Waals surface area contributed by atoms with Crippen molar-refractivity contribution in [3.05, 3.63) is 16.1 Å². The summed E-state index contributed by atoms with van der Waals surface area (Å²) in [5, 5.41) is 5.55. The van der Waals surface area contributed by atoms with Crippen LogP contribution >= 0.6 is 36.2 Å². The molecule has 1 rings (SSSR count). The summed E-state index contributed by atoms with van der Waals surface area (Å²) in [5.74, 6) is 0.222. The molecule has 0 bridgehead atoms. The third-order valence-corrected chi connectivity index (χ3v) is 3.12. The summed E-state index contributed by atoms with van der Waals surface area (Å²) in [6.45, 7) is 6.42. The quantitative estimate of drug-likeness (QED) is 0.895. The molecule has 0 unspecified atom stereocenters. The fourth-order valence-corrected chi connectivity index (χ4v) is 1.83. The van der Waals surface area contributed by atoms with Crippen molar-refractivity contribution in [2.75, 3.05) is 6.54 Å². The van der Waals surface area contributed by atoms with Crippen LogP contribution < -0.4 is 11.1 Å². The second kappa shape index (κ2) is 8.69. The Morgan fingerprint density at radius 1 is 1.47 bits per heavy atom. The van der Waals surface area contributed by atoms with Crippen molar-refractivity contribution in [2.24, 2.45) is 5.73 Å². The minimum Gasteiger partial charge on any atom is -0.347 e. The van der Waals surface area contributed by atoms with Gasteiger partial charge in [0.1, 0.15) is 5.69 Å². The molecule has 1 amide bonds. The van der Waals surface area contributed by atoms with Crippen molar-refractivity contribution in [2.45, 2.75) is 32.7 Å². The predicted octanol–water partition coefficient (Wildman–Crippen LogP) is 2.19. The summed E-state index contributed by atoms with van der Waals surface area (Å²) in [6, 6.07) is -0.0123. The van der Waals surface area contributed by atoms with E-state index in [1.54, 1.807) is 5.38 Å². The van der Waals surface area contributed by atoms with Crippen LogP contribution in [0.5, 0.6) is 0 Å². The highest BCUT2D eigenvalue weighted by molar-refractivity contribution is 7.09. The first-order chi connectivity index (χ1) is 7.04. The second-order valence-electron chi connectivity index (χ2n) is 3.84. The average molecular weight is 300 g/mol. The van der Waals surface area contributed by atoms with E-state index < -0.39 is 0 Å². The van der Waals surface area contributed by atoms with Gasteiger partial charge in [0.15, 0.2) is 0 Å². The molecule has 17 heavy (non-hydrogen) atoms. The van der Waals surface area contributed by atoms with E-state index in [0.717, 1.165) is 5.01 Å². The van der Waals surface area contributed by atoms with Crippen LogP contribution in [0.25, 0.3) is 0 Å². The summed E-state index contributed by atoms with van der Waals surface area (Å²) in [5.41, 5.74) is 5.91. The number of carbonyl (C=O) groups is 1. The Morgan fingerprint density at radius 3 is 2.47 bits per heavy atom. The van der Waals surface area contributed by atoms with Crippen molar-refractivity contribution in [3.8, 4) is 0 Å². The molecule has 0 saturated heterocycles. The number of carbonyl (C=O) groups excluding carboxylic acids is 1. The lowest BCUT2D eigenvalue weighted by molar-refractivity contribution is 0.0937. The van der Waals surface area contributed by atoms with Crippen LogP contribution in [0.15, 0.2) is 5.38 Å². The number of aromatic nitrogens is 1. The van der Waals surface area contributed by atoms with Crippen LogP contribution in [-0.2, 0) is 0 Å². The summed E-state index contributed by atoms with van der Waals surface area (Å²) in [6.07, 6.45) is 0. The molecule has 0 fully saturated rings. The molecule has 4 nitrogen and oxygen atoms in total. The number of thiazole rings is 1. The maximum absolute atomic E-state index is 11.6. The third-order valence-electron chi connectivity index (χ3n) is 1.98. The van der Waals surface area contributed by atoms with E-state index in [0.29, 0.717) is 18.2 Å². The Bertz CT molecular complexity index is 344. The first-order valence-electron chi connectivity index (χ1n) is 5.01. The van der Waals surface area contributed by atoms with E-state index in [1.165, 1.54) is 11.3 Å².